The molecule has 1 N–H and O–H groups in total. The average molecular weight is 290 g/mol. The summed E-state index contributed by atoms with van der Waals surface area (Å²) < 4.78 is 5.29. The monoisotopic (exact) mass is 290 g/mol. The summed E-state index contributed by atoms with van der Waals surface area (Å²) >= 11 is 0. The van der Waals surface area contributed by atoms with Crippen LogP contribution in [0.1, 0.15) is 39.7 Å². The fourth-order valence-corrected chi connectivity index (χ4v) is 3.32. The Hall–Kier alpha value is -0.900. The summed E-state index contributed by atoms with van der Waals surface area (Å²) in [5.41, 5.74) is 1.57. The molecule has 1 aromatic rings. The maximum absolute atomic E-state index is 5.29. The van der Waals surface area contributed by atoms with Crippen molar-refractivity contribution >= 4 is 0 Å². The predicted octanol–water partition coefficient (Wildman–Crippen LogP) is 3.01. The molecule has 1 fully saturated rings. The van der Waals surface area contributed by atoms with E-state index in [4.69, 9.17) is 4.74 Å². The Balaban J connectivity index is 2.28. The summed E-state index contributed by atoms with van der Waals surface area (Å²) in [7, 11) is 1.78. The molecule has 3 heteroatoms. The predicted molar refractivity (Wildman–Crippen MR) is 88.5 cm³/mol. The van der Waals surface area contributed by atoms with Crippen molar-refractivity contribution in [2.24, 2.45) is 0 Å². The van der Waals surface area contributed by atoms with Crippen molar-refractivity contribution in [1.29, 1.82) is 0 Å². The fourth-order valence-electron chi connectivity index (χ4n) is 3.32. The number of piperazine rings is 1. The van der Waals surface area contributed by atoms with E-state index in [0.717, 1.165) is 26.1 Å². The second-order valence-corrected chi connectivity index (χ2v) is 7.14. The van der Waals surface area contributed by atoms with Gasteiger partial charge in [0, 0.05) is 38.4 Å². The molecule has 118 valence electrons. The van der Waals surface area contributed by atoms with E-state index in [9.17, 15) is 0 Å². The van der Waals surface area contributed by atoms with Crippen molar-refractivity contribution in [3.8, 4) is 0 Å². The largest absolute Gasteiger partial charge is 0.385 e. The highest BCUT2D eigenvalue weighted by Crippen LogP contribution is 2.35. The van der Waals surface area contributed by atoms with Crippen LogP contribution in [0.2, 0.25) is 0 Å². The van der Waals surface area contributed by atoms with Gasteiger partial charge in [0.2, 0.25) is 0 Å². The molecule has 21 heavy (non-hydrogen) atoms. The number of ether oxygens (including phenoxy) is 1. The van der Waals surface area contributed by atoms with Crippen LogP contribution in [-0.2, 0) is 10.3 Å². The Morgan fingerprint density at radius 1 is 1.24 bits per heavy atom. The van der Waals surface area contributed by atoms with Crippen LogP contribution in [0.25, 0.3) is 0 Å². The summed E-state index contributed by atoms with van der Waals surface area (Å²) in [4.78, 5) is 2.65. The molecule has 1 aliphatic heterocycles. The van der Waals surface area contributed by atoms with Crippen molar-refractivity contribution in [1.82, 2.24) is 10.2 Å². The number of hydrogen-bond acceptors (Lipinski definition) is 3. The Morgan fingerprint density at radius 3 is 2.52 bits per heavy atom. The molecule has 0 amide bonds. The van der Waals surface area contributed by atoms with E-state index < -0.39 is 0 Å². The molecule has 2 unspecified atom stereocenters. The molecule has 2 atom stereocenters. The zero-order valence-corrected chi connectivity index (χ0v) is 14.1. The maximum atomic E-state index is 5.29. The minimum atomic E-state index is 0.0317. The van der Waals surface area contributed by atoms with Crippen molar-refractivity contribution in [2.75, 3.05) is 26.8 Å². The highest BCUT2D eigenvalue weighted by atomic mass is 16.5. The van der Waals surface area contributed by atoms with Crippen LogP contribution < -0.4 is 5.32 Å². The standard InChI is InChI=1S/C18H30N2O/c1-15(11-12-21-5)20-14-17(2,3)19-13-18(20,4)16-9-7-6-8-10-16/h6-10,15,19H,11-14H2,1-5H3. The smallest absolute Gasteiger partial charge is 0.0560 e. The van der Waals surface area contributed by atoms with Gasteiger partial charge < -0.3 is 10.1 Å². The first kappa shape index (κ1) is 16.5. The average Bonchev–Trinajstić information content (AvgIpc) is 2.48. The van der Waals surface area contributed by atoms with E-state index >= 15 is 0 Å². The summed E-state index contributed by atoms with van der Waals surface area (Å²) in [6.45, 7) is 12.1. The van der Waals surface area contributed by atoms with Crippen LogP contribution in [0.3, 0.4) is 0 Å². The van der Waals surface area contributed by atoms with Gasteiger partial charge in [-0.05, 0) is 39.7 Å². The highest BCUT2D eigenvalue weighted by molar-refractivity contribution is 5.26. The van der Waals surface area contributed by atoms with Gasteiger partial charge in [-0.15, -0.1) is 0 Å². The van der Waals surface area contributed by atoms with Crippen LogP contribution in [0.4, 0.5) is 0 Å². The lowest BCUT2D eigenvalue weighted by atomic mass is 9.82. The Labute approximate surface area is 129 Å². The van der Waals surface area contributed by atoms with Crippen molar-refractivity contribution in [2.45, 2.75) is 51.2 Å². The third-order valence-electron chi connectivity index (χ3n) is 4.78. The van der Waals surface area contributed by atoms with Gasteiger partial charge in [0.15, 0.2) is 0 Å². The maximum Gasteiger partial charge on any atom is 0.0560 e. The van der Waals surface area contributed by atoms with Gasteiger partial charge in [-0.2, -0.15) is 0 Å². The van der Waals surface area contributed by atoms with Gasteiger partial charge >= 0.3 is 0 Å². The first-order valence-electron chi connectivity index (χ1n) is 7.95. The number of benzene rings is 1. The van der Waals surface area contributed by atoms with Crippen LogP contribution in [0.15, 0.2) is 30.3 Å². The minimum Gasteiger partial charge on any atom is -0.385 e. The number of hydrogen-bond donors (Lipinski definition) is 1. The molecule has 0 spiro atoms. The highest BCUT2D eigenvalue weighted by Gasteiger charge is 2.43. The van der Waals surface area contributed by atoms with Crippen molar-refractivity contribution in [3.63, 3.8) is 0 Å². The van der Waals surface area contributed by atoms with Gasteiger partial charge in [-0.25, -0.2) is 0 Å². The third-order valence-corrected chi connectivity index (χ3v) is 4.78. The number of rotatable bonds is 5. The second kappa shape index (κ2) is 6.47. The Bertz CT molecular complexity index is 446. The molecule has 0 aliphatic carbocycles. The van der Waals surface area contributed by atoms with Crippen LogP contribution >= 0.6 is 0 Å². The molecule has 1 aromatic carbocycles. The summed E-state index contributed by atoms with van der Waals surface area (Å²) in [5, 5.41) is 3.72. The number of nitrogens with zero attached hydrogens (tertiary/aromatic N) is 1. The molecule has 1 aliphatic rings. The molecule has 0 saturated carbocycles. The Morgan fingerprint density at radius 2 is 1.90 bits per heavy atom. The van der Waals surface area contributed by atoms with Crippen molar-refractivity contribution < 1.29 is 4.74 Å². The topological polar surface area (TPSA) is 24.5 Å². The fraction of sp³-hybridized carbons (Fsp3) is 0.667. The molecule has 0 aromatic heterocycles. The van der Waals surface area contributed by atoms with E-state index in [1.807, 2.05) is 0 Å². The van der Waals surface area contributed by atoms with Crippen LogP contribution in [-0.4, -0.2) is 43.3 Å². The van der Waals surface area contributed by atoms with Crippen LogP contribution in [0.5, 0.6) is 0 Å². The van der Waals surface area contributed by atoms with E-state index in [0.29, 0.717) is 6.04 Å². The second-order valence-electron chi connectivity index (χ2n) is 7.14. The molecular weight excluding hydrogens is 260 g/mol. The molecule has 0 bridgehead atoms. The van der Waals surface area contributed by atoms with E-state index in [1.165, 1.54) is 5.56 Å². The lowest BCUT2D eigenvalue weighted by molar-refractivity contribution is -0.0148. The SMILES string of the molecule is COCCC(C)N1CC(C)(C)NCC1(C)c1ccccc1. The molecule has 3 nitrogen and oxygen atoms in total. The molecule has 1 heterocycles. The summed E-state index contributed by atoms with van der Waals surface area (Å²) in [6, 6.07) is 11.4. The molecular formula is C18H30N2O. The van der Waals surface area contributed by atoms with Gasteiger partial charge in [0.05, 0.1) is 5.54 Å². The first-order chi connectivity index (χ1) is 9.89. The zero-order chi connectivity index (χ0) is 15.5. The Kier molecular flexibility index (Phi) is 5.07. The van der Waals surface area contributed by atoms with Gasteiger partial charge in [0.1, 0.15) is 0 Å². The quantitative estimate of drug-likeness (QED) is 0.902. The van der Waals surface area contributed by atoms with E-state index in [2.05, 4.69) is 68.2 Å². The van der Waals surface area contributed by atoms with Gasteiger partial charge in [-0.3, -0.25) is 4.90 Å². The van der Waals surface area contributed by atoms with E-state index in [1.54, 1.807) is 7.11 Å². The summed E-state index contributed by atoms with van der Waals surface area (Å²) in [6.07, 6.45) is 1.06. The van der Waals surface area contributed by atoms with Gasteiger partial charge in [0.25, 0.3) is 0 Å². The normalized spacial score (nSPS) is 27.5. The first-order valence-corrected chi connectivity index (χ1v) is 7.95. The lowest BCUT2D eigenvalue weighted by Gasteiger charge is -2.54. The molecule has 1 saturated heterocycles. The molecule has 2 rings (SSSR count). The number of methoxy groups -OCH3 is 1. The van der Waals surface area contributed by atoms with Crippen LogP contribution in [0, 0.1) is 0 Å². The van der Waals surface area contributed by atoms with Crippen molar-refractivity contribution in [3.05, 3.63) is 35.9 Å². The lowest BCUT2D eigenvalue weighted by Crippen LogP contribution is -2.67. The molecule has 0 radical (unpaired) electrons. The minimum absolute atomic E-state index is 0.0317. The zero-order valence-electron chi connectivity index (χ0n) is 14.1. The summed E-state index contributed by atoms with van der Waals surface area (Å²) in [5.74, 6) is 0. The number of nitrogens with one attached hydrogen (secondary N) is 1. The third kappa shape index (κ3) is 3.65. The van der Waals surface area contributed by atoms with E-state index in [-0.39, 0.29) is 11.1 Å². The van der Waals surface area contributed by atoms with Gasteiger partial charge in [-0.1, -0.05) is 30.3 Å².